The van der Waals surface area contributed by atoms with Gasteiger partial charge < -0.3 is 5.73 Å². The average Bonchev–Trinajstić information content (AvgIpc) is 2.31. The van der Waals surface area contributed by atoms with Gasteiger partial charge in [-0.15, -0.1) is 11.8 Å². The Morgan fingerprint density at radius 1 is 1.11 bits per heavy atom. The lowest BCUT2D eigenvalue weighted by Gasteiger charge is -2.08. The molecule has 0 saturated heterocycles. The van der Waals surface area contributed by atoms with Gasteiger partial charge >= 0.3 is 0 Å². The molecule has 0 aliphatic rings. The second-order valence-electron chi connectivity index (χ2n) is 3.53. The number of halogens is 3. The van der Waals surface area contributed by atoms with E-state index in [1.165, 1.54) is 11.8 Å². The first-order valence-corrected chi connectivity index (χ1v) is 7.17. The van der Waals surface area contributed by atoms with Crippen molar-refractivity contribution in [1.29, 1.82) is 0 Å². The van der Waals surface area contributed by atoms with Gasteiger partial charge in [0.25, 0.3) is 0 Å². The van der Waals surface area contributed by atoms with Gasteiger partial charge in [-0.3, -0.25) is 0 Å². The molecule has 0 aliphatic carbocycles. The Kier molecular flexibility index (Phi) is 4.62. The molecule has 18 heavy (non-hydrogen) atoms. The zero-order valence-corrected chi connectivity index (χ0v) is 12.2. The van der Waals surface area contributed by atoms with E-state index in [2.05, 4.69) is 4.98 Å². The highest BCUT2D eigenvalue weighted by Crippen LogP contribution is 2.35. The molecule has 0 saturated carbocycles. The van der Waals surface area contributed by atoms with Crippen LogP contribution >= 0.6 is 46.6 Å². The Balaban J connectivity index is 2.16. The third-order valence-corrected chi connectivity index (χ3v) is 4.43. The number of aromatic nitrogens is 1. The van der Waals surface area contributed by atoms with Crippen molar-refractivity contribution in [2.24, 2.45) is 0 Å². The van der Waals surface area contributed by atoms with E-state index in [0.717, 1.165) is 10.5 Å². The summed E-state index contributed by atoms with van der Waals surface area (Å²) in [5.41, 5.74) is 7.42. The van der Waals surface area contributed by atoms with Crippen LogP contribution in [0.2, 0.25) is 15.3 Å². The van der Waals surface area contributed by atoms with E-state index in [9.17, 15) is 0 Å². The largest absolute Gasteiger partial charge is 0.398 e. The first kappa shape index (κ1) is 13.8. The summed E-state index contributed by atoms with van der Waals surface area (Å²) in [7, 11) is 0. The molecule has 0 unspecified atom stereocenters. The minimum Gasteiger partial charge on any atom is -0.398 e. The van der Waals surface area contributed by atoms with E-state index in [-0.39, 0.29) is 0 Å². The minimum atomic E-state index is 0.381. The molecule has 2 rings (SSSR count). The molecular weight excluding hydrogens is 311 g/mol. The van der Waals surface area contributed by atoms with Crippen LogP contribution in [0.25, 0.3) is 0 Å². The van der Waals surface area contributed by atoms with E-state index in [0.29, 0.717) is 26.8 Å². The van der Waals surface area contributed by atoms with Crippen molar-refractivity contribution in [3.8, 4) is 0 Å². The van der Waals surface area contributed by atoms with Gasteiger partial charge in [-0.1, -0.05) is 46.9 Å². The number of thioether (sulfide) groups is 1. The van der Waals surface area contributed by atoms with Crippen LogP contribution in [-0.2, 0) is 5.75 Å². The molecular formula is C12H9Cl3N2S. The normalized spacial score (nSPS) is 10.6. The summed E-state index contributed by atoms with van der Waals surface area (Å²) in [5.74, 6) is 0.636. The van der Waals surface area contributed by atoms with E-state index in [4.69, 9.17) is 40.5 Å². The molecule has 1 aromatic heterocycles. The summed E-state index contributed by atoms with van der Waals surface area (Å²) in [6, 6.07) is 8.99. The number of nitrogens with two attached hydrogens (primary N) is 1. The fourth-order valence-corrected chi connectivity index (χ4v) is 3.19. The van der Waals surface area contributed by atoms with Crippen LogP contribution in [0.5, 0.6) is 0 Å². The molecule has 0 fully saturated rings. The molecule has 2 aromatic rings. The molecule has 1 aromatic carbocycles. The monoisotopic (exact) mass is 318 g/mol. The summed E-state index contributed by atoms with van der Waals surface area (Å²) in [6.07, 6.45) is 0. The van der Waals surface area contributed by atoms with E-state index < -0.39 is 0 Å². The number of benzene rings is 1. The molecule has 0 aliphatic heterocycles. The Morgan fingerprint density at radius 2 is 1.89 bits per heavy atom. The minimum absolute atomic E-state index is 0.381. The summed E-state index contributed by atoms with van der Waals surface area (Å²) in [5, 5.41) is 1.42. The van der Waals surface area contributed by atoms with Crippen LogP contribution in [0.4, 0.5) is 5.69 Å². The van der Waals surface area contributed by atoms with Gasteiger partial charge in [0.05, 0.1) is 5.02 Å². The average molecular weight is 320 g/mol. The molecule has 6 heteroatoms. The molecule has 0 atom stereocenters. The van der Waals surface area contributed by atoms with Crippen molar-refractivity contribution in [2.45, 2.75) is 10.6 Å². The van der Waals surface area contributed by atoms with Gasteiger partial charge in [0.15, 0.2) is 0 Å². The van der Waals surface area contributed by atoms with Gasteiger partial charge in [0, 0.05) is 16.3 Å². The second kappa shape index (κ2) is 6.02. The number of nitrogen functional groups attached to an aromatic ring is 1. The standard InChI is InChI=1S/C12H9Cl3N2S/c13-8-2-1-3-9(16)11(8)18-6-7-4-5-10(14)17-12(7)15/h1-5H,6,16H2. The fraction of sp³-hybridized carbons (Fsp3) is 0.0833. The van der Waals surface area contributed by atoms with Gasteiger partial charge in [-0.2, -0.15) is 0 Å². The Bertz CT molecular complexity index is 555. The third-order valence-electron chi connectivity index (χ3n) is 2.26. The van der Waals surface area contributed by atoms with E-state index >= 15 is 0 Å². The van der Waals surface area contributed by atoms with E-state index in [1.807, 2.05) is 24.3 Å². The van der Waals surface area contributed by atoms with Crippen LogP contribution in [0.15, 0.2) is 35.2 Å². The van der Waals surface area contributed by atoms with Crippen LogP contribution in [-0.4, -0.2) is 4.98 Å². The van der Waals surface area contributed by atoms with Gasteiger partial charge in [0.1, 0.15) is 10.3 Å². The Labute approximate surface area is 124 Å². The molecule has 0 bridgehead atoms. The topological polar surface area (TPSA) is 38.9 Å². The predicted molar refractivity (Wildman–Crippen MR) is 79.7 cm³/mol. The lowest BCUT2D eigenvalue weighted by Crippen LogP contribution is -1.91. The number of anilines is 1. The first-order valence-electron chi connectivity index (χ1n) is 5.05. The van der Waals surface area contributed by atoms with Crippen LogP contribution in [0, 0.1) is 0 Å². The molecule has 0 spiro atoms. The van der Waals surface area contributed by atoms with Crippen molar-refractivity contribution in [1.82, 2.24) is 4.98 Å². The van der Waals surface area contributed by atoms with Gasteiger partial charge in [0.2, 0.25) is 0 Å². The Morgan fingerprint density at radius 3 is 2.56 bits per heavy atom. The lowest BCUT2D eigenvalue weighted by molar-refractivity contribution is 1.25. The van der Waals surface area contributed by atoms with Crippen molar-refractivity contribution >= 4 is 52.3 Å². The number of pyridine rings is 1. The zero-order chi connectivity index (χ0) is 13.1. The SMILES string of the molecule is Nc1cccc(Cl)c1SCc1ccc(Cl)nc1Cl. The third kappa shape index (κ3) is 3.23. The Hall–Kier alpha value is -0.610. The number of rotatable bonds is 3. The summed E-state index contributed by atoms with van der Waals surface area (Å²) < 4.78 is 0. The summed E-state index contributed by atoms with van der Waals surface area (Å²) >= 11 is 19.4. The number of nitrogens with zero attached hydrogens (tertiary/aromatic N) is 1. The molecule has 2 N–H and O–H groups in total. The fourth-order valence-electron chi connectivity index (χ4n) is 1.38. The first-order chi connectivity index (χ1) is 8.58. The van der Waals surface area contributed by atoms with Crippen molar-refractivity contribution in [2.75, 3.05) is 5.73 Å². The molecule has 94 valence electrons. The van der Waals surface area contributed by atoms with Crippen LogP contribution < -0.4 is 5.73 Å². The predicted octanol–water partition coefficient (Wildman–Crippen LogP) is 4.92. The molecule has 2 nitrogen and oxygen atoms in total. The maximum Gasteiger partial charge on any atom is 0.134 e. The highest BCUT2D eigenvalue weighted by Gasteiger charge is 2.08. The summed E-state index contributed by atoms with van der Waals surface area (Å²) in [4.78, 5) is 4.84. The molecule has 0 radical (unpaired) electrons. The van der Waals surface area contributed by atoms with Crippen molar-refractivity contribution in [3.05, 3.63) is 51.2 Å². The molecule has 1 heterocycles. The highest BCUT2D eigenvalue weighted by atomic mass is 35.5. The zero-order valence-electron chi connectivity index (χ0n) is 9.16. The maximum atomic E-state index is 6.09. The maximum absolute atomic E-state index is 6.09. The van der Waals surface area contributed by atoms with Gasteiger partial charge in [-0.25, -0.2) is 4.98 Å². The highest BCUT2D eigenvalue weighted by molar-refractivity contribution is 7.98. The van der Waals surface area contributed by atoms with Crippen molar-refractivity contribution < 1.29 is 0 Å². The van der Waals surface area contributed by atoms with Crippen LogP contribution in [0.1, 0.15) is 5.56 Å². The smallest absolute Gasteiger partial charge is 0.134 e. The molecule has 0 amide bonds. The summed E-state index contributed by atoms with van der Waals surface area (Å²) in [6.45, 7) is 0. The quantitative estimate of drug-likeness (QED) is 0.496. The van der Waals surface area contributed by atoms with Crippen LogP contribution in [0.3, 0.4) is 0 Å². The number of hydrogen-bond donors (Lipinski definition) is 1. The number of hydrogen-bond acceptors (Lipinski definition) is 3. The van der Waals surface area contributed by atoms with E-state index in [1.54, 1.807) is 6.07 Å². The lowest BCUT2D eigenvalue weighted by atomic mass is 10.3. The second-order valence-corrected chi connectivity index (χ2v) is 5.67. The van der Waals surface area contributed by atoms with Gasteiger partial charge in [-0.05, 0) is 23.8 Å². The van der Waals surface area contributed by atoms with Crippen molar-refractivity contribution in [3.63, 3.8) is 0 Å².